The molecule has 0 fully saturated rings. The molecule has 0 aromatic heterocycles. The van der Waals surface area contributed by atoms with Gasteiger partial charge in [0.1, 0.15) is 17.5 Å². The van der Waals surface area contributed by atoms with Crippen molar-refractivity contribution in [1.82, 2.24) is 10.2 Å². The molecule has 0 heterocycles. The zero-order chi connectivity index (χ0) is 21.2. The first-order chi connectivity index (χ1) is 13.9. The molecule has 6 nitrogen and oxygen atoms in total. The zero-order valence-corrected chi connectivity index (χ0v) is 17.7. The molecule has 7 heteroatoms. The van der Waals surface area contributed by atoms with Crippen LogP contribution in [0.2, 0.25) is 5.02 Å². The molecule has 0 aliphatic heterocycles. The van der Waals surface area contributed by atoms with E-state index in [0.717, 1.165) is 17.7 Å². The Morgan fingerprint density at radius 1 is 1.14 bits per heavy atom. The summed E-state index contributed by atoms with van der Waals surface area (Å²) in [5.74, 6) is 0.736. The number of ether oxygens (including phenoxy) is 2. The van der Waals surface area contributed by atoms with Crippen molar-refractivity contribution in [3.63, 3.8) is 0 Å². The van der Waals surface area contributed by atoms with Crippen LogP contribution in [0.15, 0.2) is 48.5 Å². The van der Waals surface area contributed by atoms with Gasteiger partial charge in [-0.1, -0.05) is 36.7 Å². The van der Waals surface area contributed by atoms with Crippen LogP contribution in [0, 0.1) is 0 Å². The minimum absolute atomic E-state index is 0.193. The summed E-state index contributed by atoms with van der Waals surface area (Å²) in [5, 5.41) is 3.37. The monoisotopic (exact) mass is 418 g/mol. The summed E-state index contributed by atoms with van der Waals surface area (Å²) in [7, 11) is 1.60. The van der Waals surface area contributed by atoms with Crippen LogP contribution in [0.1, 0.15) is 25.8 Å². The molecule has 0 saturated carbocycles. The number of amides is 2. The standard InChI is InChI=1S/C22H27ClN2O4/c1-4-12-24-22(27)16(2)25(14-17-8-10-19(28-3)11-9-17)21(26)15-29-20-7-5-6-18(23)13-20/h5-11,13,16H,4,12,14-15H2,1-3H3,(H,24,27)/t16-/m1/s1. The molecule has 2 aromatic carbocycles. The molecule has 2 amide bonds. The van der Waals surface area contributed by atoms with Gasteiger partial charge in [-0.3, -0.25) is 9.59 Å². The third-order valence-electron chi connectivity index (χ3n) is 4.39. The Labute approximate surface area is 176 Å². The topological polar surface area (TPSA) is 67.9 Å². The highest BCUT2D eigenvalue weighted by molar-refractivity contribution is 6.30. The second kappa shape index (κ2) is 11.3. The number of nitrogens with zero attached hydrogens (tertiary/aromatic N) is 1. The van der Waals surface area contributed by atoms with Crippen molar-refractivity contribution in [2.24, 2.45) is 0 Å². The molecular weight excluding hydrogens is 392 g/mol. The molecular formula is C22H27ClN2O4. The van der Waals surface area contributed by atoms with E-state index in [-0.39, 0.29) is 25.0 Å². The summed E-state index contributed by atoms with van der Waals surface area (Å²) in [5.41, 5.74) is 0.886. The van der Waals surface area contributed by atoms with Gasteiger partial charge < -0.3 is 19.7 Å². The second-order valence-corrected chi connectivity index (χ2v) is 7.02. The summed E-state index contributed by atoms with van der Waals surface area (Å²) >= 11 is 5.96. The number of hydrogen-bond acceptors (Lipinski definition) is 4. The minimum atomic E-state index is -0.640. The quantitative estimate of drug-likeness (QED) is 0.639. The first-order valence-corrected chi connectivity index (χ1v) is 9.90. The first-order valence-electron chi connectivity index (χ1n) is 9.53. The van der Waals surface area contributed by atoms with Crippen molar-refractivity contribution in [2.45, 2.75) is 32.9 Å². The molecule has 1 atom stereocenters. The summed E-state index contributed by atoms with van der Waals surface area (Å²) in [6.45, 7) is 4.34. The molecule has 0 unspecified atom stereocenters. The fourth-order valence-corrected chi connectivity index (χ4v) is 2.87. The van der Waals surface area contributed by atoms with E-state index in [1.54, 1.807) is 38.3 Å². The normalized spacial score (nSPS) is 11.4. The maximum atomic E-state index is 12.9. The smallest absolute Gasteiger partial charge is 0.261 e. The number of benzene rings is 2. The van der Waals surface area contributed by atoms with Crippen molar-refractivity contribution in [2.75, 3.05) is 20.3 Å². The van der Waals surface area contributed by atoms with Crippen LogP contribution in [0.4, 0.5) is 0 Å². The third kappa shape index (κ3) is 6.98. The van der Waals surface area contributed by atoms with Crippen molar-refractivity contribution in [3.05, 3.63) is 59.1 Å². The van der Waals surface area contributed by atoms with E-state index in [1.165, 1.54) is 4.90 Å². The Hall–Kier alpha value is -2.73. The van der Waals surface area contributed by atoms with Crippen LogP contribution in [0.3, 0.4) is 0 Å². The number of nitrogens with one attached hydrogen (secondary N) is 1. The lowest BCUT2D eigenvalue weighted by Gasteiger charge is -2.28. The van der Waals surface area contributed by atoms with Gasteiger partial charge in [-0.05, 0) is 49.2 Å². The summed E-state index contributed by atoms with van der Waals surface area (Å²) in [4.78, 5) is 26.9. The van der Waals surface area contributed by atoms with Crippen molar-refractivity contribution < 1.29 is 19.1 Å². The average Bonchev–Trinajstić information content (AvgIpc) is 2.74. The number of hydrogen-bond donors (Lipinski definition) is 1. The predicted molar refractivity (Wildman–Crippen MR) is 113 cm³/mol. The van der Waals surface area contributed by atoms with E-state index >= 15 is 0 Å². The molecule has 0 radical (unpaired) electrons. The van der Waals surface area contributed by atoms with Gasteiger partial charge in [-0.25, -0.2) is 0 Å². The van der Waals surface area contributed by atoms with E-state index in [2.05, 4.69) is 5.32 Å². The molecule has 0 aliphatic rings. The highest BCUT2D eigenvalue weighted by atomic mass is 35.5. The van der Waals surface area contributed by atoms with Gasteiger partial charge in [0.05, 0.1) is 7.11 Å². The molecule has 1 N–H and O–H groups in total. The molecule has 0 saturated heterocycles. The van der Waals surface area contributed by atoms with Crippen LogP contribution < -0.4 is 14.8 Å². The fraction of sp³-hybridized carbons (Fsp3) is 0.364. The van der Waals surface area contributed by atoms with Crippen molar-refractivity contribution in [1.29, 1.82) is 0 Å². The second-order valence-electron chi connectivity index (χ2n) is 6.58. The van der Waals surface area contributed by atoms with E-state index in [9.17, 15) is 9.59 Å². The van der Waals surface area contributed by atoms with Gasteiger partial charge in [-0.2, -0.15) is 0 Å². The Morgan fingerprint density at radius 3 is 2.48 bits per heavy atom. The highest BCUT2D eigenvalue weighted by Gasteiger charge is 2.26. The van der Waals surface area contributed by atoms with E-state index < -0.39 is 6.04 Å². The van der Waals surface area contributed by atoms with Crippen LogP contribution >= 0.6 is 11.6 Å². The molecule has 2 aromatic rings. The van der Waals surface area contributed by atoms with Gasteiger partial charge >= 0.3 is 0 Å². The summed E-state index contributed by atoms with van der Waals surface area (Å²) in [6, 6.07) is 13.6. The largest absolute Gasteiger partial charge is 0.497 e. The molecule has 0 aliphatic carbocycles. The van der Waals surface area contributed by atoms with Gasteiger partial charge in [0, 0.05) is 18.1 Å². The van der Waals surface area contributed by atoms with Gasteiger partial charge in [-0.15, -0.1) is 0 Å². The molecule has 29 heavy (non-hydrogen) atoms. The number of carbonyl (C=O) groups is 2. The van der Waals surface area contributed by atoms with Crippen LogP contribution in [-0.4, -0.2) is 43.0 Å². The Kier molecular flexibility index (Phi) is 8.80. The van der Waals surface area contributed by atoms with E-state index in [1.807, 2.05) is 31.2 Å². The fourth-order valence-electron chi connectivity index (χ4n) is 2.69. The lowest BCUT2D eigenvalue weighted by Crippen LogP contribution is -2.49. The van der Waals surface area contributed by atoms with Crippen LogP contribution in [0.5, 0.6) is 11.5 Å². The van der Waals surface area contributed by atoms with E-state index in [4.69, 9.17) is 21.1 Å². The Balaban J connectivity index is 2.12. The number of rotatable bonds is 10. The minimum Gasteiger partial charge on any atom is -0.497 e. The number of methoxy groups -OCH3 is 1. The lowest BCUT2D eigenvalue weighted by atomic mass is 10.1. The molecule has 0 spiro atoms. The van der Waals surface area contributed by atoms with Crippen molar-refractivity contribution in [3.8, 4) is 11.5 Å². The maximum absolute atomic E-state index is 12.9. The Morgan fingerprint density at radius 2 is 1.86 bits per heavy atom. The number of carbonyl (C=O) groups excluding carboxylic acids is 2. The highest BCUT2D eigenvalue weighted by Crippen LogP contribution is 2.18. The van der Waals surface area contributed by atoms with Gasteiger partial charge in [0.15, 0.2) is 6.61 Å². The molecule has 0 bridgehead atoms. The van der Waals surface area contributed by atoms with Gasteiger partial charge in [0.25, 0.3) is 5.91 Å². The first kappa shape index (κ1) is 22.6. The van der Waals surface area contributed by atoms with Gasteiger partial charge in [0.2, 0.25) is 5.91 Å². The van der Waals surface area contributed by atoms with Crippen molar-refractivity contribution >= 4 is 23.4 Å². The molecule has 156 valence electrons. The average molecular weight is 419 g/mol. The summed E-state index contributed by atoms with van der Waals surface area (Å²) < 4.78 is 10.8. The zero-order valence-electron chi connectivity index (χ0n) is 17.0. The van der Waals surface area contributed by atoms with Crippen LogP contribution in [-0.2, 0) is 16.1 Å². The molecule has 2 rings (SSSR count). The SMILES string of the molecule is CCCNC(=O)[C@@H](C)N(Cc1ccc(OC)cc1)C(=O)COc1cccc(Cl)c1. The maximum Gasteiger partial charge on any atom is 0.261 e. The summed E-state index contributed by atoms with van der Waals surface area (Å²) in [6.07, 6.45) is 0.822. The number of halogens is 1. The Bertz CT molecular complexity index is 811. The third-order valence-corrected chi connectivity index (χ3v) is 4.62. The lowest BCUT2D eigenvalue weighted by molar-refractivity contribution is -0.142. The van der Waals surface area contributed by atoms with Crippen LogP contribution in [0.25, 0.3) is 0 Å². The van der Waals surface area contributed by atoms with E-state index in [0.29, 0.717) is 17.3 Å². The predicted octanol–water partition coefficient (Wildman–Crippen LogP) is 3.67.